The van der Waals surface area contributed by atoms with Crippen molar-refractivity contribution in [2.75, 3.05) is 11.9 Å². The third-order valence-electron chi connectivity index (χ3n) is 3.11. The molecule has 25 heavy (non-hydrogen) atoms. The minimum Gasteiger partial charge on any atom is -0.506 e. The van der Waals surface area contributed by atoms with Crippen LogP contribution in [0.2, 0.25) is 0 Å². The van der Waals surface area contributed by atoms with Crippen LogP contribution in [-0.2, 0) is 16.0 Å². The summed E-state index contributed by atoms with van der Waals surface area (Å²) in [6, 6.07) is 9.28. The summed E-state index contributed by atoms with van der Waals surface area (Å²) < 4.78 is 5.20. The van der Waals surface area contributed by atoms with Crippen LogP contribution in [0.1, 0.15) is 5.56 Å². The second kappa shape index (κ2) is 7.77. The van der Waals surface area contributed by atoms with Crippen LogP contribution in [0.15, 0.2) is 42.5 Å². The predicted octanol–water partition coefficient (Wildman–Crippen LogP) is 1.94. The van der Waals surface area contributed by atoms with E-state index in [1.54, 1.807) is 0 Å². The van der Waals surface area contributed by atoms with Crippen LogP contribution in [0.5, 0.6) is 11.5 Å². The number of amides is 1. The number of aliphatic carboxylic acids is 1. The standard InChI is InChI=1S/C16H14N2O7/c19-14-6-1-10(8-16(21)22)7-13(14)17-15(20)9-25-12-4-2-11(3-5-12)18(23)24/h1-7,19H,8-9H2,(H,17,20)(H,21,22). The number of anilines is 1. The van der Waals surface area contributed by atoms with Gasteiger partial charge in [0.15, 0.2) is 6.61 Å². The molecule has 0 aliphatic heterocycles. The highest BCUT2D eigenvalue weighted by Crippen LogP contribution is 2.24. The van der Waals surface area contributed by atoms with E-state index in [0.717, 1.165) is 0 Å². The van der Waals surface area contributed by atoms with Crippen molar-refractivity contribution in [1.29, 1.82) is 0 Å². The lowest BCUT2D eigenvalue weighted by Gasteiger charge is -2.10. The second-order valence-corrected chi connectivity index (χ2v) is 5.01. The second-order valence-electron chi connectivity index (χ2n) is 5.01. The number of nitrogens with zero attached hydrogens (tertiary/aromatic N) is 1. The van der Waals surface area contributed by atoms with E-state index in [0.29, 0.717) is 5.56 Å². The highest BCUT2D eigenvalue weighted by atomic mass is 16.6. The monoisotopic (exact) mass is 346 g/mol. The van der Waals surface area contributed by atoms with E-state index in [9.17, 15) is 24.8 Å². The number of phenolic OH excluding ortho intramolecular Hbond substituents is 1. The lowest BCUT2D eigenvalue weighted by molar-refractivity contribution is -0.384. The molecule has 9 nitrogen and oxygen atoms in total. The maximum absolute atomic E-state index is 11.9. The Morgan fingerprint density at radius 1 is 1.16 bits per heavy atom. The molecule has 1 amide bonds. The minimum atomic E-state index is -1.04. The summed E-state index contributed by atoms with van der Waals surface area (Å²) in [4.78, 5) is 32.6. The third-order valence-corrected chi connectivity index (χ3v) is 3.11. The lowest BCUT2D eigenvalue weighted by Crippen LogP contribution is -2.20. The molecule has 0 atom stereocenters. The van der Waals surface area contributed by atoms with Gasteiger partial charge < -0.3 is 20.3 Å². The van der Waals surface area contributed by atoms with Crippen LogP contribution < -0.4 is 10.1 Å². The summed E-state index contributed by atoms with van der Waals surface area (Å²) in [6.07, 6.45) is -0.248. The van der Waals surface area contributed by atoms with Gasteiger partial charge in [0.05, 0.1) is 17.0 Å². The van der Waals surface area contributed by atoms with Crippen molar-refractivity contribution in [3.63, 3.8) is 0 Å². The molecule has 0 spiro atoms. The number of hydrogen-bond acceptors (Lipinski definition) is 6. The summed E-state index contributed by atoms with van der Waals surface area (Å²) in [6.45, 7) is -0.388. The Balaban J connectivity index is 1.95. The molecule has 0 aliphatic carbocycles. The van der Waals surface area contributed by atoms with Gasteiger partial charge in [-0.3, -0.25) is 19.7 Å². The number of ether oxygens (including phenoxy) is 1. The molecular formula is C16H14N2O7. The molecule has 0 radical (unpaired) electrons. The zero-order valence-electron chi connectivity index (χ0n) is 12.8. The van der Waals surface area contributed by atoms with Gasteiger partial charge in [0.2, 0.25) is 0 Å². The van der Waals surface area contributed by atoms with Crippen LogP contribution in [-0.4, -0.2) is 33.6 Å². The summed E-state index contributed by atoms with van der Waals surface area (Å²) in [7, 11) is 0. The topological polar surface area (TPSA) is 139 Å². The zero-order valence-corrected chi connectivity index (χ0v) is 12.8. The van der Waals surface area contributed by atoms with E-state index in [-0.39, 0.29) is 35.9 Å². The van der Waals surface area contributed by atoms with Crippen LogP contribution in [0.25, 0.3) is 0 Å². The molecule has 9 heteroatoms. The SMILES string of the molecule is O=C(O)Cc1ccc(O)c(NC(=O)COc2ccc([N+](=O)[O-])cc2)c1. The Hall–Kier alpha value is -3.62. The van der Waals surface area contributed by atoms with E-state index in [1.165, 1.54) is 42.5 Å². The number of carboxylic acids is 1. The molecular weight excluding hydrogens is 332 g/mol. The van der Waals surface area contributed by atoms with Gasteiger partial charge in [0.25, 0.3) is 11.6 Å². The summed E-state index contributed by atoms with van der Waals surface area (Å²) in [5, 5.41) is 31.4. The van der Waals surface area contributed by atoms with Gasteiger partial charge in [0, 0.05) is 12.1 Å². The van der Waals surface area contributed by atoms with Gasteiger partial charge >= 0.3 is 5.97 Å². The highest BCUT2D eigenvalue weighted by Gasteiger charge is 2.11. The average Bonchev–Trinajstić information content (AvgIpc) is 2.56. The molecule has 0 saturated heterocycles. The molecule has 0 bridgehead atoms. The minimum absolute atomic E-state index is 0.0658. The molecule has 2 rings (SSSR count). The number of phenols is 1. The third kappa shape index (κ3) is 5.20. The largest absolute Gasteiger partial charge is 0.506 e. The number of nitrogens with one attached hydrogen (secondary N) is 1. The molecule has 0 aliphatic rings. The molecule has 0 heterocycles. The number of hydrogen-bond donors (Lipinski definition) is 3. The van der Waals surface area contributed by atoms with Gasteiger partial charge in [-0.1, -0.05) is 6.07 Å². The van der Waals surface area contributed by atoms with Crippen LogP contribution in [0.4, 0.5) is 11.4 Å². The number of rotatable bonds is 7. The van der Waals surface area contributed by atoms with E-state index in [4.69, 9.17) is 9.84 Å². The Morgan fingerprint density at radius 3 is 2.44 bits per heavy atom. The summed E-state index contributed by atoms with van der Waals surface area (Å²) >= 11 is 0. The fourth-order valence-electron chi connectivity index (χ4n) is 1.97. The molecule has 2 aromatic rings. The van der Waals surface area contributed by atoms with E-state index in [1.807, 2.05) is 0 Å². The Bertz CT molecular complexity index is 803. The molecule has 0 fully saturated rings. The maximum Gasteiger partial charge on any atom is 0.307 e. The maximum atomic E-state index is 11.9. The van der Waals surface area contributed by atoms with Crippen molar-refractivity contribution in [2.24, 2.45) is 0 Å². The van der Waals surface area contributed by atoms with Crippen molar-refractivity contribution < 1.29 is 29.5 Å². The van der Waals surface area contributed by atoms with Crippen molar-refractivity contribution in [1.82, 2.24) is 0 Å². The van der Waals surface area contributed by atoms with Gasteiger partial charge in [-0.2, -0.15) is 0 Å². The number of carboxylic acid groups (broad SMARTS) is 1. The number of carbonyl (C=O) groups is 2. The molecule has 0 unspecified atom stereocenters. The van der Waals surface area contributed by atoms with Crippen LogP contribution >= 0.6 is 0 Å². The lowest BCUT2D eigenvalue weighted by atomic mass is 10.1. The van der Waals surface area contributed by atoms with Gasteiger partial charge in [-0.25, -0.2) is 0 Å². The number of benzene rings is 2. The van der Waals surface area contributed by atoms with E-state index in [2.05, 4.69) is 5.32 Å². The Labute approximate surface area is 141 Å². The van der Waals surface area contributed by atoms with Crippen LogP contribution in [0.3, 0.4) is 0 Å². The van der Waals surface area contributed by atoms with Crippen molar-refractivity contribution >= 4 is 23.3 Å². The first-order valence-electron chi connectivity index (χ1n) is 7.06. The normalized spacial score (nSPS) is 10.1. The number of nitro benzene ring substituents is 1. The van der Waals surface area contributed by atoms with E-state index >= 15 is 0 Å². The first kappa shape index (κ1) is 17.7. The fraction of sp³-hybridized carbons (Fsp3) is 0.125. The van der Waals surface area contributed by atoms with E-state index < -0.39 is 16.8 Å². The van der Waals surface area contributed by atoms with Gasteiger partial charge in [-0.15, -0.1) is 0 Å². The number of carbonyl (C=O) groups excluding carboxylic acids is 1. The van der Waals surface area contributed by atoms with Crippen molar-refractivity contribution in [3.05, 3.63) is 58.1 Å². The average molecular weight is 346 g/mol. The zero-order chi connectivity index (χ0) is 18.4. The molecule has 0 aromatic heterocycles. The highest BCUT2D eigenvalue weighted by molar-refractivity contribution is 5.93. The molecule has 2 aromatic carbocycles. The van der Waals surface area contributed by atoms with Crippen molar-refractivity contribution in [3.8, 4) is 11.5 Å². The number of nitro groups is 1. The molecule has 3 N–H and O–H groups in total. The molecule has 130 valence electrons. The Kier molecular flexibility index (Phi) is 5.51. The quantitative estimate of drug-likeness (QED) is 0.395. The molecule has 0 saturated carbocycles. The van der Waals surface area contributed by atoms with Gasteiger partial charge in [-0.05, 0) is 29.8 Å². The fourth-order valence-corrected chi connectivity index (χ4v) is 1.97. The first-order chi connectivity index (χ1) is 11.8. The Morgan fingerprint density at radius 2 is 1.84 bits per heavy atom. The predicted molar refractivity (Wildman–Crippen MR) is 86.7 cm³/mol. The van der Waals surface area contributed by atoms with Gasteiger partial charge in [0.1, 0.15) is 11.5 Å². The summed E-state index contributed by atoms with van der Waals surface area (Å²) in [5.74, 6) is -1.56. The first-order valence-corrected chi connectivity index (χ1v) is 7.06. The smallest absolute Gasteiger partial charge is 0.307 e. The summed E-state index contributed by atoms with van der Waals surface area (Å²) in [5.41, 5.74) is 0.380. The number of aromatic hydroxyl groups is 1. The number of non-ortho nitro benzene ring substituents is 1. The van der Waals surface area contributed by atoms with Crippen LogP contribution in [0, 0.1) is 10.1 Å². The van der Waals surface area contributed by atoms with Crippen molar-refractivity contribution in [2.45, 2.75) is 6.42 Å².